The molecule has 0 aromatic carbocycles. The van der Waals surface area contributed by atoms with Crippen molar-refractivity contribution in [2.75, 3.05) is 19.8 Å². The van der Waals surface area contributed by atoms with Gasteiger partial charge >= 0.3 is 0 Å². The summed E-state index contributed by atoms with van der Waals surface area (Å²) in [7, 11) is 0. The van der Waals surface area contributed by atoms with Gasteiger partial charge in [-0.05, 0) is 6.92 Å². The monoisotopic (exact) mass is 232 g/mol. The molecule has 0 aromatic rings. The van der Waals surface area contributed by atoms with Gasteiger partial charge in [0.1, 0.15) is 12.7 Å². The van der Waals surface area contributed by atoms with Crippen molar-refractivity contribution in [3.05, 3.63) is 0 Å². The Labute approximate surface area is 97.5 Å². The highest BCUT2D eigenvalue weighted by molar-refractivity contribution is 5.83. The van der Waals surface area contributed by atoms with E-state index in [1.54, 1.807) is 6.92 Å². The van der Waals surface area contributed by atoms with E-state index < -0.39 is 6.10 Å². The van der Waals surface area contributed by atoms with Gasteiger partial charge in [0.2, 0.25) is 0 Å². The predicted molar refractivity (Wildman–Crippen MR) is 64.5 cm³/mol. The van der Waals surface area contributed by atoms with Crippen LogP contribution >= 0.6 is 0 Å². The molecular weight excluding hydrogens is 208 g/mol. The molecule has 3 N–H and O–H groups in total. The SMILES string of the molecule is C/C(=N\OCC(O)CNC(C)C)C(C)CO. The summed E-state index contributed by atoms with van der Waals surface area (Å²) < 4.78 is 0. The number of oxime groups is 1. The fourth-order valence-corrected chi connectivity index (χ4v) is 0.878. The van der Waals surface area contributed by atoms with Crippen LogP contribution in [0.15, 0.2) is 5.16 Å². The number of hydrogen-bond acceptors (Lipinski definition) is 5. The zero-order valence-corrected chi connectivity index (χ0v) is 10.6. The van der Waals surface area contributed by atoms with Gasteiger partial charge in [-0.25, -0.2) is 0 Å². The Hall–Kier alpha value is -0.650. The average molecular weight is 232 g/mol. The van der Waals surface area contributed by atoms with E-state index in [1.807, 2.05) is 20.8 Å². The standard InChI is InChI=1S/C11H24N2O3/c1-8(2)12-5-11(15)7-16-13-10(4)9(3)6-14/h8-9,11-12,14-15H,5-7H2,1-4H3/b13-10+. The maximum Gasteiger partial charge on any atom is 0.144 e. The van der Waals surface area contributed by atoms with Crippen LogP contribution in [-0.4, -0.2) is 47.8 Å². The van der Waals surface area contributed by atoms with E-state index in [0.717, 1.165) is 5.71 Å². The Balaban J connectivity index is 3.71. The highest BCUT2D eigenvalue weighted by Crippen LogP contribution is 1.98. The maximum absolute atomic E-state index is 9.50. The third-order valence-electron chi connectivity index (χ3n) is 2.22. The van der Waals surface area contributed by atoms with Crippen LogP contribution in [0.2, 0.25) is 0 Å². The van der Waals surface area contributed by atoms with Crippen LogP contribution in [0.3, 0.4) is 0 Å². The van der Waals surface area contributed by atoms with Crippen molar-refractivity contribution in [2.24, 2.45) is 11.1 Å². The van der Waals surface area contributed by atoms with Gasteiger partial charge in [0, 0.05) is 18.5 Å². The lowest BCUT2D eigenvalue weighted by atomic mass is 10.1. The fraction of sp³-hybridized carbons (Fsp3) is 0.909. The summed E-state index contributed by atoms with van der Waals surface area (Å²) in [5.74, 6) is -0.00840. The van der Waals surface area contributed by atoms with E-state index >= 15 is 0 Å². The van der Waals surface area contributed by atoms with Crippen molar-refractivity contribution in [1.29, 1.82) is 0 Å². The minimum absolute atomic E-state index is 0.00840. The molecule has 0 saturated heterocycles. The third-order valence-corrected chi connectivity index (χ3v) is 2.22. The molecule has 5 nitrogen and oxygen atoms in total. The van der Waals surface area contributed by atoms with Crippen LogP contribution in [-0.2, 0) is 4.84 Å². The lowest BCUT2D eigenvalue weighted by Gasteiger charge is -2.13. The van der Waals surface area contributed by atoms with Crippen LogP contribution in [0, 0.1) is 5.92 Å². The zero-order valence-electron chi connectivity index (χ0n) is 10.6. The summed E-state index contributed by atoms with van der Waals surface area (Å²) in [5.41, 5.74) is 0.728. The van der Waals surface area contributed by atoms with Gasteiger partial charge in [-0.3, -0.25) is 0 Å². The Morgan fingerprint density at radius 1 is 1.38 bits per heavy atom. The molecule has 5 heteroatoms. The highest BCUT2D eigenvalue weighted by atomic mass is 16.6. The summed E-state index contributed by atoms with van der Waals surface area (Å²) in [5, 5.41) is 25.3. The number of nitrogens with one attached hydrogen (secondary N) is 1. The molecule has 0 spiro atoms. The second-order valence-corrected chi connectivity index (χ2v) is 4.33. The van der Waals surface area contributed by atoms with Crippen molar-refractivity contribution in [2.45, 2.75) is 39.8 Å². The van der Waals surface area contributed by atoms with Crippen LogP contribution in [0.25, 0.3) is 0 Å². The van der Waals surface area contributed by atoms with Crippen LogP contribution in [0.4, 0.5) is 0 Å². The van der Waals surface area contributed by atoms with Crippen molar-refractivity contribution in [3.63, 3.8) is 0 Å². The van der Waals surface area contributed by atoms with E-state index in [4.69, 9.17) is 9.94 Å². The molecule has 0 aliphatic rings. The summed E-state index contributed by atoms with van der Waals surface area (Å²) >= 11 is 0. The summed E-state index contributed by atoms with van der Waals surface area (Å²) in [6.07, 6.45) is -0.566. The quantitative estimate of drug-likeness (QED) is 0.417. The predicted octanol–water partition coefficient (Wildman–Crippen LogP) is 0.366. The third kappa shape index (κ3) is 7.62. The Bertz CT molecular complexity index is 207. The molecule has 0 bridgehead atoms. The molecular formula is C11H24N2O3. The molecule has 0 amide bonds. The largest absolute Gasteiger partial charge is 0.396 e. The van der Waals surface area contributed by atoms with E-state index in [0.29, 0.717) is 12.6 Å². The summed E-state index contributed by atoms with van der Waals surface area (Å²) in [6, 6.07) is 0.342. The van der Waals surface area contributed by atoms with Gasteiger partial charge in [-0.2, -0.15) is 0 Å². The fourth-order valence-electron chi connectivity index (χ4n) is 0.878. The zero-order chi connectivity index (χ0) is 12.6. The Morgan fingerprint density at radius 2 is 2.00 bits per heavy atom. The van der Waals surface area contributed by atoms with E-state index in [1.165, 1.54) is 0 Å². The molecule has 2 atom stereocenters. The number of nitrogens with zero attached hydrogens (tertiary/aromatic N) is 1. The van der Waals surface area contributed by atoms with Gasteiger partial charge < -0.3 is 20.4 Å². The van der Waals surface area contributed by atoms with Crippen molar-refractivity contribution < 1.29 is 15.1 Å². The molecule has 0 radical (unpaired) electrons. The smallest absolute Gasteiger partial charge is 0.144 e. The Kier molecular flexibility index (Phi) is 8.15. The number of aliphatic hydroxyl groups excluding tert-OH is 2. The molecule has 0 fully saturated rings. The first-order valence-corrected chi connectivity index (χ1v) is 5.66. The first-order chi connectivity index (χ1) is 7.47. The van der Waals surface area contributed by atoms with Gasteiger partial charge in [0.15, 0.2) is 0 Å². The molecule has 2 unspecified atom stereocenters. The van der Waals surface area contributed by atoms with Crippen LogP contribution < -0.4 is 5.32 Å². The molecule has 16 heavy (non-hydrogen) atoms. The van der Waals surface area contributed by atoms with Gasteiger partial charge in [0.25, 0.3) is 0 Å². The van der Waals surface area contributed by atoms with Gasteiger partial charge in [-0.15, -0.1) is 0 Å². The Morgan fingerprint density at radius 3 is 2.50 bits per heavy atom. The number of aliphatic hydroxyl groups is 2. The molecule has 0 aliphatic heterocycles. The van der Waals surface area contributed by atoms with Gasteiger partial charge in [0.05, 0.1) is 12.3 Å². The molecule has 0 heterocycles. The second-order valence-electron chi connectivity index (χ2n) is 4.33. The second kappa shape index (κ2) is 8.50. The molecule has 0 aliphatic carbocycles. The summed E-state index contributed by atoms with van der Waals surface area (Å²) in [6.45, 7) is 8.38. The van der Waals surface area contributed by atoms with E-state index in [9.17, 15) is 5.11 Å². The number of rotatable bonds is 8. The topological polar surface area (TPSA) is 74.1 Å². The minimum atomic E-state index is -0.566. The van der Waals surface area contributed by atoms with E-state index in [-0.39, 0.29) is 19.1 Å². The first-order valence-electron chi connectivity index (χ1n) is 5.66. The molecule has 0 saturated carbocycles. The first kappa shape index (κ1) is 15.3. The molecule has 0 aromatic heterocycles. The highest BCUT2D eigenvalue weighted by Gasteiger charge is 2.07. The summed E-state index contributed by atoms with van der Waals surface area (Å²) in [4.78, 5) is 5.00. The van der Waals surface area contributed by atoms with Gasteiger partial charge in [-0.1, -0.05) is 25.9 Å². The minimum Gasteiger partial charge on any atom is -0.396 e. The average Bonchev–Trinajstić information content (AvgIpc) is 2.24. The lowest BCUT2D eigenvalue weighted by Crippen LogP contribution is -2.34. The van der Waals surface area contributed by atoms with Crippen molar-refractivity contribution in [1.82, 2.24) is 5.32 Å². The number of hydrogen-bond donors (Lipinski definition) is 3. The maximum atomic E-state index is 9.50. The van der Waals surface area contributed by atoms with E-state index in [2.05, 4.69) is 10.5 Å². The van der Waals surface area contributed by atoms with Crippen LogP contribution in [0.1, 0.15) is 27.7 Å². The molecule has 0 rings (SSSR count). The molecule has 96 valence electrons. The van der Waals surface area contributed by atoms with Crippen molar-refractivity contribution >= 4 is 5.71 Å². The normalized spacial score (nSPS) is 16.3. The van der Waals surface area contributed by atoms with Crippen molar-refractivity contribution in [3.8, 4) is 0 Å². The lowest BCUT2D eigenvalue weighted by molar-refractivity contribution is 0.0385. The van der Waals surface area contributed by atoms with Crippen LogP contribution in [0.5, 0.6) is 0 Å².